The first-order valence-electron chi connectivity index (χ1n) is 10.7. The Morgan fingerprint density at radius 2 is 1.46 bits per heavy atom. The molecule has 8 nitrogen and oxygen atoms in total. The van der Waals surface area contributed by atoms with Gasteiger partial charge in [-0.2, -0.15) is 8.42 Å². The topological polar surface area (TPSA) is 115 Å². The van der Waals surface area contributed by atoms with Gasteiger partial charge in [0.1, 0.15) is 5.75 Å². The molecule has 0 spiro atoms. The van der Waals surface area contributed by atoms with E-state index in [2.05, 4.69) is 9.98 Å². The van der Waals surface area contributed by atoms with Gasteiger partial charge in [0.15, 0.2) is 0 Å². The van der Waals surface area contributed by atoms with Crippen LogP contribution in [0.5, 0.6) is 5.75 Å². The Kier molecular flexibility index (Phi) is 8.16. The van der Waals surface area contributed by atoms with Crippen LogP contribution in [0.3, 0.4) is 0 Å². The van der Waals surface area contributed by atoms with Gasteiger partial charge in [-0.05, 0) is 49.8 Å². The van der Waals surface area contributed by atoms with Crippen LogP contribution in [0.25, 0.3) is 6.08 Å². The zero-order chi connectivity index (χ0) is 25.5. The van der Waals surface area contributed by atoms with Gasteiger partial charge in [-0.15, -0.1) is 0 Å². The van der Waals surface area contributed by atoms with Crippen LogP contribution in [0.2, 0.25) is 0 Å². The van der Waals surface area contributed by atoms with Crippen LogP contribution in [-0.2, 0) is 24.6 Å². The van der Waals surface area contributed by atoms with Gasteiger partial charge < -0.3 is 9.47 Å². The van der Waals surface area contributed by atoms with Gasteiger partial charge in [0.05, 0.1) is 23.9 Å². The number of para-hydroxylation sites is 2. The predicted octanol–water partition coefficient (Wildman–Crippen LogP) is 3.30. The molecule has 1 N–H and O–H groups in total. The number of carbonyl (C=O) groups is 1. The number of benzene rings is 3. The lowest BCUT2D eigenvalue weighted by molar-refractivity contribution is -0.141. The van der Waals surface area contributed by atoms with E-state index >= 15 is 0 Å². The highest BCUT2D eigenvalue weighted by molar-refractivity contribution is 7.86. The molecule has 0 fully saturated rings. The van der Waals surface area contributed by atoms with Crippen LogP contribution in [0, 0.1) is 0 Å². The van der Waals surface area contributed by atoms with Gasteiger partial charge in [-0.3, -0.25) is 4.55 Å². The fourth-order valence-corrected chi connectivity index (χ4v) is 4.07. The van der Waals surface area contributed by atoms with Crippen molar-refractivity contribution in [3.63, 3.8) is 0 Å². The summed E-state index contributed by atoms with van der Waals surface area (Å²) in [5.41, 5.74) is 1.25. The quantitative estimate of drug-likeness (QED) is 0.319. The number of hydrogen-bond donors (Lipinski definition) is 1. The summed E-state index contributed by atoms with van der Waals surface area (Å²) in [5, 5.41) is 0.896. The molecule has 1 aliphatic rings. The third-order valence-electron chi connectivity index (χ3n) is 4.81. The molecular formula is C26H26N2O6S. The molecule has 1 heterocycles. The molecule has 0 bridgehead atoms. The maximum atomic E-state index is 11.8. The summed E-state index contributed by atoms with van der Waals surface area (Å²) in [6.07, 6.45) is 3.04. The lowest BCUT2D eigenvalue weighted by atomic mass is 10.2. The van der Waals surface area contributed by atoms with Crippen molar-refractivity contribution in [1.29, 1.82) is 0 Å². The van der Waals surface area contributed by atoms with E-state index < -0.39 is 15.1 Å². The molecule has 0 saturated heterocycles. The van der Waals surface area contributed by atoms with Crippen molar-refractivity contribution < 1.29 is 27.2 Å². The Morgan fingerprint density at radius 1 is 0.914 bits per heavy atom. The Hall–Kier alpha value is -3.82. The highest BCUT2D eigenvalue weighted by Gasteiger charge is 2.46. The fourth-order valence-electron chi connectivity index (χ4n) is 3.20. The average Bonchev–Trinajstić information content (AvgIpc) is 3.25. The molecule has 4 rings (SSSR count). The van der Waals surface area contributed by atoms with Crippen molar-refractivity contribution in [2.24, 2.45) is 9.98 Å². The van der Waals surface area contributed by atoms with Gasteiger partial charge in [-0.1, -0.05) is 54.6 Å². The molecule has 0 unspecified atom stereocenters. The van der Waals surface area contributed by atoms with Crippen molar-refractivity contribution >= 4 is 22.2 Å². The SMILES string of the molecule is COc1ccc(C=CC(=O)OC(C)C)cc1.O=S(=O)(O)C1(c2ccccc2)N=c2ccccc2=N1. The minimum atomic E-state index is -4.52. The first-order chi connectivity index (χ1) is 16.6. The standard InChI is InChI=1S/C13H10N2O3S.C13H16O3/c16-19(17,18)13(10-6-2-1-3-7-10)14-11-8-4-5-9-12(11)15-13;1-10(2)16-13(14)9-6-11-4-7-12(15-3)8-5-11/h1-9H,(H,16,17,18);4-10H,1-3H3. The smallest absolute Gasteiger partial charge is 0.331 e. The number of rotatable bonds is 6. The Morgan fingerprint density at radius 3 is 1.94 bits per heavy atom. The van der Waals surface area contributed by atoms with Crippen molar-refractivity contribution in [2.75, 3.05) is 7.11 Å². The van der Waals surface area contributed by atoms with Gasteiger partial charge in [-0.25, -0.2) is 14.8 Å². The van der Waals surface area contributed by atoms with Crippen molar-refractivity contribution in [1.82, 2.24) is 0 Å². The number of methoxy groups -OCH3 is 1. The van der Waals surface area contributed by atoms with E-state index in [0.717, 1.165) is 11.3 Å². The van der Waals surface area contributed by atoms with E-state index in [4.69, 9.17) is 9.47 Å². The molecule has 0 aliphatic carbocycles. The maximum Gasteiger partial charge on any atom is 0.331 e. The Balaban J connectivity index is 0.000000199. The zero-order valence-corrected chi connectivity index (χ0v) is 20.3. The number of esters is 1. The molecule has 35 heavy (non-hydrogen) atoms. The second-order valence-corrected chi connectivity index (χ2v) is 9.27. The second kappa shape index (κ2) is 11.1. The summed E-state index contributed by atoms with van der Waals surface area (Å²) in [4.78, 5) is 17.5. The number of nitrogens with zero attached hydrogens (tertiary/aromatic N) is 2. The van der Waals surface area contributed by atoms with E-state index in [0.29, 0.717) is 16.3 Å². The van der Waals surface area contributed by atoms with Crippen LogP contribution >= 0.6 is 0 Å². The van der Waals surface area contributed by atoms with Crippen molar-refractivity contribution in [2.45, 2.75) is 24.9 Å². The summed E-state index contributed by atoms with van der Waals surface area (Å²) < 4.78 is 43.2. The fraction of sp³-hybridized carbons (Fsp3) is 0.192. The molecule has 0 amide bonds. The summed E-state index contributed by atoms with van der Waals surface area (Å²) in [5.74, 6) is 0.465. The first-order valence-corrected chi connectivity index (χ1v) is 12.2. The van der Waals surface area contributed by atoms with Gasteiger partial charge in [0.2, 0.25) is 0 Å². The molecule has 182 valence electrons. The monoisotopic (exact) mass is 494 g/mol. The largest absolute Gasteiger partial charge is 0.497 e. The molecule has 0 saturated carbocycles. The molecule has 3 aromatic rings. The van der Waals surface area contributed by atoms with E-state index in [9.17, 15) is 17.8 Å². The van der Waals surface area contributed by atoms with Crippen LogP contribution < -0.4 is 15.5 Å². The van der Waals surface area contributed by atoms with Crippen molar-refractivity contribution in [3.8, 4) is 5.75 Å². The van der Waals surface area contributed by atoms with Gasteiger partial charge in [0, 0.05) is 11.6 Å². The summed E-state index contributed by atoms with van der Waals surface area (Å²) in [7, 11) is -2.90. The molecule has 3 aromatic carbocycles. The van der Waals surface area contributed by atoms with Crippen molar-refractivity contribution in [3.05, 3.63) is 107 Å². The third kappa shape index (κ3) is 6.40. The summed E-state index contributed by atoms with van der Waals surface area (Å²) in [6.45, 7) is 3.64. The molecule has 0 aromatic heterocycles. The van der Waals surface area contributed by atoms with Gasteiger partial charge >= 0.3 is 21.1 Å². The Labute approximate surface area is 204 Å². The predicted molar refractivity (Wildman–Crippen MR) is 132 cm³/mol. The number of ether oxygens (including phenoxy) is 2. The van der Waals surface area contributed by atoms with Crippen LogP contribution in [-0.4, -0.2) is 32.2 Å². The normalized spacial score (nSPS) is 13.7. The van der Waals surface area contributed by atoms with Crippen LogP contribution in [0.1, 0.15) is 25.0 Å². The van der Waals surface area contributed by atoms with Crippen LogP contribution in [0.15, 0.2) is 94.9 Å². The number of hydrogen-bond acceptors (Lipinski definition) is 7. The molecular weight excluding hydrogens is 468 g/mol. The molecule has 0 radical (unpaired) electrons. The lowest BCUT2D eigenvalue weighted by Gasteiger charge is -2.19. The summed E-state index contributed by atoms with van der Waals surface area (Å²) >= 11 is 0. The third-order valence-corrected chi connectivity index (χ3v) is 5.95. The lowest BCUT2D eigenvalue weighted by Crippen LogP contribution is -2.31. The molecule has 0 atom stereocenters. The van der Waals surface area contributed by atoms with E-state index in [1.165, 1.54) is 6.08 Å². The van der Waals surface area contributed by atoms with Gasteiger partial charge in [0.25, 0.3) is 0 Å². The zero-order valence-electron chi connectivity index (χ0n) is 19.5. The van der Waals surface area contributed by atoms with E-state index in [-0.39, 0.29) is 12.1 Å². The molecule has 1 aliphatic heterocycles. The Bertz CT molecular complexity index is 1380. The first kappa shape index (κ1) is 25.8. The minimum Gasteiger partial charge on any atom is -0.497 e. The van der Waals surface area contributed by atoms with E-state index in [1.807, 2.05) is 38.1 Å². The van der Waals surface area contributed by atoms with E-state index in [1.54, 1.807) is 67.8 Å². The summed E-state index contributed by atoms with van der Waals surface area (Å²) in [6, 6.07) is 22.5. The van der Waals surface area contributed by atoms with Crippen LogP contribution in [0.4, 0.5) is 0 Å². The average molecular weight is 495 g/mol. The molecule has 9 heteroatoms. The number of fused-ring (bicyclic) bond motifs is 1. The second-order valence-electron chi connectivity index (χ2n) is 7.75. The number of carbonyl (C=O) groups excluding carboxylic acids is 1. The minimum absolute atomic E-state index is 0.0898. The highest BCUT2D eigenvalue weighted by atomic mass is 32.2. The maximum absolute atomic E-state index is 11.8. The highest BCUT2D eigenvalue weighted by Crippen LogP contribution is 2.33.